The summed E-state index contributed by atoms with van der Waals surface area (Å²) in [6.07, 6.45) is 2.27. The van der Waals surface area contributed by atoms with Crippen molar-refractivity contribution >= 4 is 40.7 Å². The van der Waals surface area contributed by atoms with E-state index < -0.39 is 5.91 Å². The van der Waals surface area contributed by atoms with Crippen molar-refractivity contribution < 1.29 is 14.3 Å². The number of carbonyl (C=O) groups excluding carboxylic acids is 2. The van der Waals surface area contributed by atoms with E-state index in [1.165, 1.54) is 0 Å². The van der Waals surface area contributed by atoms with Gasteiger partial charge < -0.3 is 10.1 Å². The molecule has 2 aromatic carbocycles. The van der Waals surface area contributed by atoms with Gasteiger partial charge in [-0.1, -0.05) is 54.6 Å². The molecule has 0 unspecified atom stereocenters. The highest BCUT2D eigenvalue weighted by atomic mass is 35.5. The molecular formula is C20H20ClN3O3S. The number of para-hydroxylation sites is 1. The largest absolute Gasteiger partial charge is 0.489 e. The summed E-state index contributed by atoms with van der Waals surface area (Å²) >= 11 is 11.1. The van der Waals surface area contributed by atoms with Crippen molar-refractivity contribution in [3.05, 3.63) is 77.3 Å². The monoisotopic (exact) mass is 417 g/mol. The molecule has 0 aliphatic rings. The van der Waals surface area contributed by atoms with Crippen molar-refractivity contribution in [2.45, 2.75) is 12.8 Å². The van der Waals surface area contributed by atoms with Gasteiger partial charge in [0.05, 0.1) is 5.56 Å². The topological polar surface area (TPSA) is 79.5 Å². The third-order valence-corrected chi connectivity index (χ3v) is 4.18. The fourth-order valence-corrected chi connectivity index (χ4v) is 2.67. The van der Waals surface area contributed by atoms with E-state index in [4.69, 9.17) is 28.6 Å². The number of hydrogen-bond donors (Lipinski definition) is 3. The van der Waals surface area contributed by atoms with Crippen LogP contribution >= 0.6 is 23.8 Å². The summed E-state index contributed by atoms with van der Waals surface area (Å²) in [6, 6.07) is 14.1. The minimum atomic E-state index is -0.452. The second-order valence-electron chi connectivity index (χ2n) is 5.64. The molecule has 6 nitrogen and oxygen atoms in total. The van der Waals surface area contributed by atoms with Crippen LogP contribution in [0.25, 0.3) is 0 Å². The van der Waals surface area contributed by atoms with Crippen LogP contribution in [0.3, 0.4) is 0 Å². The van der Waals surface area contributed by atoms with Crippen LogP contribution in [0.1, 0.15) is 22.3 Å². The lowest BCUT2D eigenvalue weighted by Crippen LogP contribution is -2.48. The Balaban J connectivity index is 1.80. The maximum atomic E-state index is 12.3. The van der Waals surface area contributed by atoms with E-state index in [0.717, 1.165) is 5.56 Å². The lowest BCUT2D eigenvalue weighted by Gasteiger charge is -2.13. The van der Waals surface area contributed by atoms with E-state index in [2.05, 4.69) is 22.7 Å². The average molecular weight is 418 g/mol. The number of ether oxygens (including phenoxy) is 1. The molecule has 8 heteroatoms. The number of rotatable bonds is 7. The van der Waals surface area contributed by atoms with Crippen LogP contribution in [0, 0.1) is 0 Å². The van der Waals surface area contributed by atoms with Gasteiger partial charge in [-0.15, -0.1) is 0 Å². The summed E-state index contributed by atoms with van der Waals surface area (Å²) in [7, 11) is 0. The number of benzene rings is 2. The lowest BCUT2D eigenvalue weighted by molar-refractivity contribution is -0.119. The van der Waals surface area contributed by atoms with Gasteiger partial charge >= 0.3 is 0 Å². The number of thiocarbonyl (C=S) groups is 1. The predicted molar refractivity (Wildman–Crippen MR) is 113 cm³/mol. The highest BCUT2D eigenvalue weighted by Gasteiger charge is 2.13. The van der Waals surface area contributed by atoms with Gasteiger partial charge in [0.15, 0.2) is 5.11 Å². The molecule has 0 bridgehead atoms. The van der Waals surface area contributed by atoms with Gasteiger partial charge in [0.2, 0.25) is 5.91 Å². The van der Waals surface area contributed by atoms with Gasteiger partial charge in [0, 0.05) is 11.4 Å². The first-order chi connectivity index (χ1) is 13.5. The number of carbonyl (C=O) groups is 2. The molecule has 0 heterocycles. The van der Waals surface area contributed by atoms with E-state index in [9.17, 15) is 9.59 Å². The summed E-state index contributed by atoms with van der Waals surface area (Å²) in [4.78, 5) is 24.3. The second-order valence-corrected chi connectivity index (χ2v) is 6.46. The number of aryl methyl sites for hydroxylation is 1. The minimum absolute atomic E-state index is 0.0120. The molecule has 2 rings (SSSR count). The molecule has 0 aromatic heterocycles. The summed E-state index contributed by atoms with van der Waals surface area (Å²) in [6.45, 7) is 3.85. The van der Waals surface area contributed by atoms with Gasteiger partial charge in [-0.25, -0.2) is 0 Å². The molecule has 0 atom stereocenters. The standard InChI is InChI=1S/C20H20ClN3O3S/c1-2-13-27-17-10-6-4-8-15(17)19(26)23-24-20(28)22-18(25)12-11-14-7-3-5-9-16(14)21/h2-10H,1,11-13H2,(H,23,26)(H2,22,24,25,28). The normalized spacial score (nSPS) is 9.89. The van der Waals surface area contributed by atoms with Crippen molar-refractivity contribution in [2.24, 2.45) is 0 Å². The SMILES string of the molecule is C=CCOc1ccccc1C(=O)NNC(=S)NC(=O)CCc1ccccc1Cl. The first-order valence-electron chi connectivity index (χ1n) is 8.47. The molecular weight excluding hydrogens is 398 g/mol. The molecule has 146 valence electrons. The first kappa shape index (κ1) is 21.4. The van der Waals surface area contributed by atoms with Gasteiger partial charge in [0.25, 0.3) is 5.91 Å². The van der Waals surface area contributed by atoms with Crippen LogP contribution in [-0.4, -0.2) is 23.5 Å². The van der Waals surface area contributed by atoms with E-state index in [-0.39, 0.29) is 24.0 Å². The van der Waals surface area contributed by atoms with Crippen molar-refractivity contribution in [2.75, 3.05) is 6.61 Å². The first-order valence-corrected chi connectivity index (χ1v) is 9.26. The van der Waals surface area contributed by atoms with Crippen molar-refractivity contribution in [3.63, 3.8) is 0 Å². The van der Waals surface area contributed by atoms with Crippen LogP contribution in [0.15, 0.2) is 61.2 Å². The van der Waals surface area contributed by atoms with Crippen LogP contribution < -0.4 is 20.9 Å². The van der Waals surface area contributed by atoms with Crippen LogP contribution in [0.4, 0.5) is 0 Å². The Kier molecular flexibility index (Phi) is 8.45. The third-order valence-electron chi connectivity index (χ3n) is 3.61. The Bertz CT molecular complexity index is 873. The van der Waals surface area contributed by atoms with Crippen molar-refractivity contribution in [1.29, 1.82) is 0 Å². The summed E-state index contributed by atoms with van der Waals surface area (Å²) in [5.74, 6) is -0.329. The van der Waals surface area contributed by atoms with E-state index in [1.54, 1.807) is 36.4 Å². The van der Waals surface area contributed by atoms with Gasteiger partial charge in [0.1, 0.15) is 12.4 Å². The predicted octanol–water partition coefficient (Wildman–Crippen LogP) is 3.17. The molecule has 0 saturated carbocycles. The van der Waals surface area contributed by atoms with E-state index in [0.29, 0.717) is 22.8 Å². The van der Waals surface area contributed by atoms with Gasteiger partial charge in [-0.05, 0) is 42.4 Å². The Labute approximate surface area is 173 Å². The molecule has 0 radical (unpaired) electrons. The number of nitrogens with one attached hydrogen (secondary N) is 3. The zero-order valence-electron chi connectivity index (χ0n) is 15.0. The Morgan fingerprint density at radius 3 is 2.57 bits per heavy atom. The van der Waals surface area contributed by atoms with Crippen molar-refractivity contribution in [1.82, 2.24) is 16.2 Å². The maximum absolute atomic E-state index is 12.3. The molecule has 0 aliphatic heterocycles. The summed E-state index contributed by atoms with van der Waals surface area (Å²) in [5, 5.41) is 3.10. The van der Waals surface area contributed by atoms with Crippen LogP contribution in [0.5, 0.6) is 5.75 Å². The summed E-state index contributed by atoms with van der Waals surface area (Å²) < 4.78 is 5.44. The Hall–Kier alpha value is -2.90. The molecule has 2 amide bonds. The molecule has 0 saturated heterocycles. The number of halogens is 1. The minimum Gasteiger partial charge on any atom is -0.489 e. The maximum Gasteiger partial charge on any atom is 0.273 e. The third kappa shape index (κ3) is 6.68. The molecule has 0 aliphatic carbocycles. The molecule has 0 spiro atoms. The lowest BCUT2D eigenvalue weighted by atomic mass is 10.1. The molecule has 2 aromatic rings. The van der Waals surface area contributed by atoms with Gasteiger partial charge in [-0.3, -0.25) is 20.4 Å². The molecule has 3 N–H and O–H groups in total. The van der Waals surface area contributed by atoms with Gasteiger partial charge in [-0.2, -0.15) is 0 Å². The zero-order valence-corrected chi connectivity index (χ0v) is 16.6. The number of amides is 2. The fraction of sp³-hybridized carbons (Fsp3) is 0.150. The Morgan fingerprint density at radius 2 is 1.82 bits per heavy atom. The van der Waals surface area contributed by atoms with E-state index >= 15 is 0 Å². The van der Waals surface area contributed by atoms with Crippen LogP contribution in [-0.2, 0) is 11.2 Å². The highest BCUT2D eigenvalue weighted by molar-refractivity contribution is 7.80. The Morgan fingerprint density at radius 1 is 1.11 bits per heavy atom. The molecule has 0 fully saturated rings. The van der Waals surface area contributed by atoms with Crippen molar-refractivity contribution in [3.8, 4) is 5.75 Å². The number of hydrazine groups is 1. The molecule has 28 heavy (non-hydrogen) atoms. The number of hydrogen-bond acceptors (Lipinski definition) is 4. The second kappa shape index (κ2) is 11.1. The highest BCUT2D eigenvalue weighted by Crippen LogP contribution is 2.18. The average Bonchev–Trinajstić information content (AvgIpc) is 2.70. The van der Waals surface area contributed by atoms with E-state index in [1.807, 2.05) is 18.2 Å². The summed E-state index contributed by atoms with van der Waals surface area (Å²) in [5.41, 5.74) is 6.14. The zero-order chi connectivity index (χ0) is 20.4. The quantitative estimate of drug-likeness (QED) is 0.366. The fourth-order valence-electron chi connectivity index (χ4n) is 2.28. The van der Waals surface area contributed by atoms with Crippen LogP contribution in [0.2, 0.25) is 5.02 Å². The smallest absolute Gasteiger partial charge is 0.273 e.